The van der Waals surface area contributed by atoms with Crippen LogP contribution in [0.1, 0.15) is 13.3 Å². The number of ether oxygens (including phenoxy) is 2. The molecule has 0 fully saturated rings. The van der Waals surface area contributed by atoms with Gasteiger partial charge in [-0.15, -0.1) is 0 Å². The predicted molar refractivity (Wildman–Crippen MR) is 38.4 cm³/mol. The summed E-state index contributed by atoms with van der Waals surface area (Å²) in [7, 11) is 1.29. The topological polar surface area (TPSA) is 61.5 Å². The van der Waals surface area contributed by atoms with E-state index in [0.29, 0.717) is 12.2 Å². The van der Waals surface area contributed by atoms with E-state index >= 15 is 0 Å². The average Bonchev–Trinajstić information content (AvgIpc) is 2.31. The van der Waals surface area contributed by atoms with Gasteiger partial charge in [0.05, 0.1) is 12.9 Å². The fourth-order valence-electron chi connectivity index (χ4n) is 0.964. The number of methoxy groups -OCH3 is 1. The lowest BCUT2D eigenvalue weighted by atomic mass is 10.2. The Bertz CT molecular complexity index is 212. The first-order chi connectivity index (χ1) is 5.08. The van der Waals surface area contributed by atoms with E-state index in [0.717, 1.165) is 0 Å². The molecule has 1 rings (SSSR count). The van der Waals surface area contributed by atoms with Crippen molar-refractivity contribution in [3.05, 3.63) is 11.8 Å². The van der Waals surface area contributed by atoms with Gasteiger partial charge in [-0.2, -0.15) is 0 Å². The highest BCUT2D eigenvalue weighted by Crippen LogP contribution is 2.23. The zero-order valence-corrected chi connectivity index (χ0v) is 6.59. The molecule has 11 heavy (non-hydrogen) atoms. The Kier molecular flexibility index (Phi) is 1.87. The first-order valence-electron chi connectivity index (χ1n) is 3.31. The van der Waals surface area contributed by atoms with Gasteiger partial charge in [0.15, 0.2) is 0 Å². The van der Waals surface area contributed by atoms with Gasteiger partial charge in [0, 0.05) is 6.42 Å². The highest BCUT2D eigenvalue weighted by Gasteiger charge is 2.40. The summed E-state index contributed by atoms with van der Waals surface area (Å²) < 4.78 is 9.53. The number of hydrogen-bond donors (Lipinski definition) is 1. The molecule has 0 aromatic carbocycles. The van der Waals surface area contributed by atoms with Crippen molar-refractivity contribution in [2.24, 2.45) is 5.73 Å². The molecule has 0 saturated heterocycles. The molecule has 0 aliphatic carbocycles. The van der Waals surface area contributed by atoms with Crippen molar-refractivity contribution in [3.8, 4) is 0 Å². The van der Waals surface area contributed by atoms with Gasteiger partial charge in [-0.1, -0.05) is 0 Å². The molecule has 4 heteroatoms. The minimum Gasteiger partial charge on any atom is -0.466 e. The average molecular weight is 157 g/mol. The zero-order chi connectivity index (χ0) is 8.48. The standard InChI is InChI=1S/C7H11NO3/c1-5-3-4-7(8,11-5)6(9)10-2/h3H,4,8H2,1-2H3. The van der Waals surface area contributed by atoms with Crippen molar-refractivity contribution in [2.45, 2.75) is 19.1 Å². The van der Waals surface area contributed by atoms with E-state index < -0.39 is 11.7 Å². The molecule has 1 aliphatic heterocycles. The van der Waals surface area contributed by atoms with Crippen LogP contribution in [0.4, 0.5) is 0 Å². The Hall–Kier alpha value is -1.03. The van der Waals surface area contributed by atoms with Crippen LogP contribution in [-0.4, -0.2) is 18.8 Å². The van der Waals surface area contributed by atoms with Crippen molar-refractivity contribution < 1.29 is 14.3 Å². The summed E-state index contributed by atoms with van der Waals surface area (Å²) in [5.41, 5.74) is 4.28. The molecule has 0 saturated carbocycles. The molecule has 0 bridgehead atoms. The quantitative estimate of drug-likeness (QED) is 0.550. The van der Waals surface area contributed by atoms with Crippen LogP contribution < -0.4 is 5.73 Å². The van der Waals surface area contributed by atoms with E-state index in [1.165, 1.54) is 7.11 Å². The lowest BCUT2D eigenvalue weighted by molar-refractivity contribution is -0.161. The normalized spacial score (nSPS) is 29.2. The molecule has 0 aromatic heterocycles. The van der Waals surface area contributed by atoms with Crippen LogP contribution in [0.25, 0.3) is 0 Å². The minimum atomic E-state index is -1.28. The molecule has 2 N–H and O–H groups in total. The SMILES string of the molecule is COC(=O)C1(N)CC=C(C)O1. The van der Waals surface area contributed by atoms with Gasteiger partial charge >= 0.3 is 5.97 Å². The van der Waals surface area contributed by atoms with Gasteiger partial charge in [-0.3, -0.25) is 5.73 Å². The third kappa shape index (κ3) is 1.35. The summed E-state index contributed by atoms with van der Waals surface area (Å²) in [6, 6.07) is 0. The summed E-state index contributed by atoms with van der Waals surface area (Å²) in [5, 5.41) is 0. The number of hydrogen-bond acceptors (Lipinski definition) is 4. The third-order valence-electron chi connectivity index (χ3n) is 1.57. The third-order valence-corrected chi connectivity index (χ3v) is 1.57. The lowest BCUT2D eigenvalue weighted by Crippen LogP contribution is -2.48. The molecule has 1 unspecified atom stereocenters. The smallest absolute Gasteiger partial charge is 0.366 e. The molecule has 4 nitrogen and oxygen atoms in total. The second kappa shape index (κ2) is 2.54. The fourth-order valence-corrected chi connectivity index (χ4v) is 0.964. The fraction of sp³-hybridized carbons (Fsp3) is 0.571. The monoisotopic (exact) mass is 157 g/mol. The van der Waals surface area contributed by atoms with E-state index in [1.807, 2.05) is 0 Å². The van der Waals surface area contributed by atoms with E-state index in [1.54, 1.807) is 13.0 Å². The number of rotatable bonds is 1. The maximum atomic E-state index is 11.0. The largest absolute Gasteiger partial charge is 0.466 e. The van der Waals surface area contributed by atoms with Crippen molar-refractivity contribution in [1.82, 2.24) is 0 Å². The lowest BCUT2D eigenvalue weighted by Gasteiger charge is -2.20. The Morgan fingerprint density at radius 3 is 2.91 bits per heavy atom. The van der Waals surface area contributed by atoms with Crippen LogP contribution in [0.2, 0.25) is 0 Å². The van der Waals surface area contributed by atoms with Gasteiger partial charge in [-0.25, -0.2) is 4.79 Å². The summed E-state index contributed by atoms with van der Waals surface area (Å²) in [4.78, 5) is 11.0. The van der Waals surface area contributed by atoms with Crippen molar-refractivity contribution in [3.63, 3.8) is 0 Å². The van der Waals surface area contributed by atoms with Crippen LogP contribution in [0.15, 0.2) is 11.8 Å². The Morgan fingerprint density at radius 1 is 1.91 bits per heavy atom. The molecular weight excluding hydrogens is 146 g/mol. The summed E-state index contributed by atoms with van der Waals surface area (Å²) in [5.74, 6) is 0.128. The molecular formula is C7H11NO3. The second-order valence-corrected chi connectivity index (χ2v) is 2.50. The molecule has 0 amide bonds. The summed E-state index contributed by atoms with van der Waals surface area (Å²) in [6.45, 7) is 1.75. The molecule has 1 aliphatic rings. The van der Waals surface area contributed by atoms with Gasteiger partial charge < -0.3 is 9.47 Å². The van der Waals surface area contributed by atoms with Gasteiger partial charge in [0.25, 0.3) is 5.72 Å². The molecule has 0 radical (unpaired) electrons. The number of carbonyl (C=O) groups is 1. The van der Waals surface area contributed by atoms with E-state index in [4.69, 9.17) is 10.5 Å². The van der Waals surface area contributed by atoms with Crippen LogP contribution in [0.3, 0.4) is 0 Å². The number of nitrogens with two attached hydrogens (primary N) is 1. The van der Waals surface area contributed by atoms with Crippen LogP contribution >= 0.6 is 0 Å². The van der Waals surface area contributed by atoms with Crippen LogP contribution in [0, 0.1) is 0 Å². The summed E-state index contributed by atoms with van der Waals surface area (Å²) in [6.07, 6.45) is 2.14. The highest BCUT2D eigenvalue weighted by atomic mass is 16.6. The maximum absolute atomic E-state index is 11.0. The van der Waals surface area contributed by atoms with E-state index in [9.17, 15) is 4.79 Å². The second-order valence-electron chi connectivity index (χ2n) is 2.50. The van der Waals surface area contributed by atoms with Crippen LogP contribution in [0.5, 0.6) is 0 Å². The predicted octanol–water partition coefficient (Wildman–Crippen LogP) is 0.138. The first-order valence-corrected chi connectivity index (χ1v) is 3.31. The highest BCUT2D eigenvalue weighted by molar-refractivity contribution is 5.79. The molecule has 1 heterocycles. The summed E-state index contributed by atoms with van der Waals surface area (Å²) >= 11 is 0. The minimum absolute atomic E-state index is 0.380. The number of allylic oxidation sites excluding steroid dienone is 1. The first kappa shape index (κ1) is 8.07. The Morgan fingerprint density at radius 2 is 2.55 bits per heavy atom. The molecule has 0 spiro atoms. The molecule has 62 valence electrons. The maximum Gasteiger partial charge on any atom is 0.366 e. The zero-order valence-electron chi connectivity index (χ0n) is 6.59. The number of esters is 1. The van der Waals surface area contributed by atoms with Crippen molar-refractivity contribution in [1.29, 1.82) is 0 Å². The van der Waals surface area contributed by atoms with E-state index in [2.05, 4.69) is 4.74 Å². The van der Waals surface area contributed by atoms with Gasteiger partial charge in [-0.05, 0) is 13.0 Å². The van der Waals surface area contributed by atoms with Crippen molar-refractivity contribution >= 4 is 5.97 Å². The molecule has 0 aromatic rings. The Balaban J connectivity index is 2.66. The van der Waals surface area contributed by atoms with Crippen LogP contribution in [-0.2, 0) is 14.3 Å². The Labute approximate surface area is 65.0 Å². The van der Waals surface area contributed by atoms with Crippen molar-refractivity contribution in [2.75, 3.05) is 7.11 Å². The molecule has 1 atom stereocenters. The van der Waals surface area contributed by atoms with Gasteiger partial charge in [0.1, 0.15) is 0 Å². The number of carbonyl (C=O) groups excluding carboxylic acids is 1. The van der Waals surface area contributed by atoms with Gasteiger partial charge in [0.2, 0.25) is 0 Å². The van der Waals surface area contributed by atoms with E-state index in [-0.39, 0.29) is 0 Å².